The minimum atomic E-state index is 1.47. The second-order valence-electron chi connectivity index (χ2n) is 1.53. The maximum absolute atomic E-state index is 3.57. The van der Waals surface area contributed by atoms with Crippen molar-refractivity contribution in [3.63, 3.8) is 0 Å². The van der Waals surface area contributed by atoms with Gasteiger partial charge >= 0.3 is 0 Å². The van der Waals surface area contributed by atoms with E-state index in [1.165, 1.54) is 12.3 Å². The lowest BCUT2D eigenvalue weighted by Crippen LogP contribution is -1.98. The molecular weight excluding hydrogens is 116 g/mol. The predicted molar refractivity (Wildman–Crippen MR) is 37.2 cm³/mol. The van der Waals surface area contributed by atoms with Gasteiger partial charge < -0.3 is 0 Å². The van der Waals surface area contributed by atoms with Crippen molar-refractivity contribution in [3.8, 4) is 0 Å². The molecule has 0 saturated carbocycles. The molecule has 0 unspecified atom stereocenters. The van der Waals surface area contributed by atoms with Gasteiger partial charge in [0.15, 0.2) is 0 Å². The first kappa shape index (κ1) is 7.81. The zero-order valence-corrected chi connectivity index (χ0v) is 5.65. The second-order valence-corrected chi connectivity index (χ2v) is 1.53. The highest BCUT2D eigenvalue weighted by Crippen LogP contribution is 1.78. The Morgan fingerprint density at radius 3 is 2.56 bits per heavy atom. The van der Waals surface area contributed by atoms with Gasteiger partial charge in [0, 0.05) is 14.1 Å². The number of rotatable bonds is 3. The first-order chi connectivity index (χ1) is 4.27. The highest BCUT2D eigenvalue weighted by molar-refractivity contribution is 5.69. The molecule has 0 heterocycles. The van der Waals surface area contributed by atoms with Crippen molar-refractivity contribution in [2.45, 2.75) is 0 Å². The summed E-state index contributed by atoms with van der Waals surface area (Å²) in [6.45, 7) is 3.41. The standard InChI is InChI=1S/C5H10N4/c1-4-5-6-7-8-9(2)3/h4-5H,1H2,2-3H3/b6-5-,8-7-. The number of hydrogen-bond acceptors (Lipinski definition) is 2. The fourth-order valence-corrected chi connectivity index (χ4v) is 0.180. The fraction of sp³-hybridized carbons (Fsp3) is 0.400. The van der Waals surface area contributed by atoms with Crippen LogP contribution in [0, 0.1) is 0 Å². The molecule has 50 valence electrons. The molecule has 0 aromatic rings. The highest BCUT2D eigenvalue weighted by atomic mass is 15.6. The number of hydrogen-bond donors (Lipinski definition) is 0. The molecule has 0 spiro atoms. The molecule has 0 aliphatic heterocycles. The smallest absolute Gasteiger partial charge is 0.0508 e. The first-order valence-corrected chi connectivity index (χ1v) is 2.49. The van der Waals surface area contributed by atoms with Crippen LogP contribution in [0.25, 0.3) is 0 Å². The Balaban J connectivity index is 3.46. The molecule has 4 nitrogen and oxygen atoms in total. The van der Waals surface area contributed by atoms with Crippen LogP contribution < -0.4 is 0 Å². The monoisotopic (exact) mass is 126 g/mol. The Bertz CT molecular complexity index is 125. The van der Waals surface area contributed by atoms with Gasteiger partial charge in [-0.05, 0) is 11.3 Å². The molecule has 0 bridgehead atoms. The minimum absolute atomic E-state index is 1.47. The van der Waals surface area contributed by atoms with Gasteiger partial charge in [0.05, 0.1) is 6.21 Å². The Hall–Kier alpha value is -1.19. The zero-order chi connectivity index (χ0) is 7.11. The van der Waals surface area contributed by atoms with Crippen LogP contribution >= 0.6 is 0 Å². The third-order valence-corrected chi connectivity index (χ3v) is 0.443. The van der Waals surface area contributed by atoms with Crippen molar-refractivity contribution < 1.29 is 0 Å². The highest BCUT2D eigenvalue weighted by Gasteiger charge is 1.71. The topological polar surface area (TPSA) is 40.3 Å². The van der Waals surface area contributed by atoms with Gasteiger partial charge in [-0.1, -0.05) is 11.8 Å². The first-order valence-electron chi connectivity index (χ1n) is 2.49. The molecule has 0 aliphatic carbocycles. The van der Waals surface area contributed by atoms with Gasteiger partial charge in [-0.15, -0.1) is 5.10 Å². The van der Waals surface area contributed by atoms with E-state index >= 15 is 0 Å². The average molecular weight is 126 g/mol. The third kappa shape index (κ3) is 6.81. The van der Waals surface area contributed by atoms with E-state index in [1.807, 2.05) is 0 Å². The predicted octanol–water partition coefficient (Wildman–Crippen LogP) is 1.09. The van der Waals surface area contributed by atoms with Crippen molar-refractivity contribution in [3.05, 3.63) is 12.7 Å². The molecule has 0 atom stereocenters. The lowest BCUT2D eigenvalue weighted by Gasteiger charge is -1.96. The Labute approximate surface area is 54.6 Å². The van der Waals surface area contributed by atoms with Crippen LogP contribution in [-0.2, 0) is 0 Å². The average Bonchev–Trinajstić information content (AvgIpc) is 1.80. The Morgan fingerprint density at radius 2 is 2.11 bits per heavy atom. The maximum Gasteiger partial charge on any atom is 0.0508 e. The summed E-state index contributed by atoms with van der Waals surface area (Å²) in [4.78, 5) is 0. The van der Waals surface area contributed by atoms with Crippen LogP contribution in [0.5, 0.6) is 0 Å². The van der Waals surface area contributed by atoms with E-state index in [1.54, 1.807) is 19.1 Å². The van der Waals surface area contributed by atoms with Crippen molar-refractivity contribution in [2.24, 2.45) is 15.5 Å². The fourth-order valence-electron chi connectivity index (χ4n) is 0.180. The summed E-state index contributed by atoms with van der Waals surface area (Å²) < 4.78 is 0. The summed E-state index contributed by atoms with van der Waals surface area (Å²) in [6, 6.07) is 0. The summed E-state index contributed by atoms with van der Waals surface area (Å²) in [6.07, 6.45) is 3.00. The van der Waals surface area contributed by atoms with Gasteiger partial charge in [0.1, 0.15) is 0 Å². The Kier molecular flexibility index (Phi) is 4.30. The third-order valence-electron chi connectivity index (χ3n) is 0.443. The summed E-state index contributed by atoms with van der Waals surface area (Å²) >= 11 is 0. The van der Waals surface area contributed by atoms with Crippen molar-refractivity contribution in [2.75, 3.05) is 14.1 Å². The van der Waals surface area contributed by atoms with E-state index in [0.717, 1.165) is 0 Å². The van der Waals surface area contributed by atoms with E-state index in [4.69, 9.17) is 0 Å². The van der Waals surface area contributed by atoms with Crippen LogP contribution in [0.1, 0.15) is 0 Å². The van der Waals surface area contributed by atoms with Crippen LogP contribution in [0.2, 0.25) is 0 Å². The van der Waals surface area contributed by atoms with Crippen LogP contribution in [0.4, 0.5) is 0 Å². The summed E-state index contributed by atoms with van der Waals surface area (Å²) in [5, 5.41) is 12.0. The molecule has 4 heteroatoms. The van der Waals surface area contributed by atoms with E-state index in [-0.39, 0.29) is 0 Å². The quantitative estimate of drug-likeness (QED) is 0.317. The summed E-state index contributed by atoms with van der Waals surface area (Å²) in [5.74, 6) is 0. The number of allylic oxidation sites excluding steroid dienone is 1. The molecule has 0 fully saturated rings. The molecule has 0 aliphatic rings. The molecule has 0 rings (SSSR count). The van der Waals surface area contributed by atoms with Crippen molar-refractivity contribution >= 4 is 6.21 Å². The molecule has 0 amide bonds. The van der Waals surface area contributed by atoms with Crippen LogP contribution in [-0.4, -0.2) is 25.3 Å². The number of nitrogens with zero attached hydrogens (tertiary/aromatic N) is 4. The van der Waals surface area contributed by atoms with Gasteiger partial charge in [-0.25, -0.2) is 0 Å². The van der Waals surface area contributed by atoms with Gasteiger partial charge in [0.2, 0.25) is 0 Å². The van der Waals surface area contributed by atoms with E-state index < -0.39 is 0 Å². The van der Waals surface area contributed by atoms with E-state index in [0.29, 0.717) is 0 Å². The molecular formula is C5H10N4. The van der Waals surface area contributed by atoms with Gasteiger partial charge in [-0.3, -0.25) is 5.01 Å². The second kappa shape index (κ2) is 4.96. The van der Waals surface area contributed by atoms with Gasteiger partial charge in [0.25, 0.3) is 0 Å². The van der Waals surface area contributed by atoms with E-state index in [9.17, 15) is 0 Å². The Morgan fingerprint density at radius 1 is 1.44 bits per heavy atom. The van der Waals surface area contributed by atoms with Crippen LogP contribution in [0.15, 0.2) is 28.2 Å². The lowest BCUT2D eigenvalue weighted by atomic mass is 10.7. The van der Waals surface area contributed by atoms with Crippen LogP contribution in [0.3, 0.4) is 0 Å². The maximum atomic E-state index is 3.57. The normalized spacial score (nSPS) is 10.9. The van der Waals surface area contributed by atoms with Gasteiger partial charge in [-0.2, -0.15) is 0 Å². The molecule has 9 heavy (non-hydrogen) atoms. The summed E-state index contributed by atoms with van der Waals surface area (Å²) in [5.41, 5.74) is 0. The summed E-state index contributed by atoms with van der Waals surface area (Å²) in [7, 11) is 3.54. The SMILES string of the molecule is C=C/C=N\N=N/N(C)C. The zero-order valence-electron chi connectivity index (χ0n) is 5.65. The van der Waals surface area contributed by atoms with Crippen molar-refractivity contribution in [1.29, 1.82) is 0 Å². The molecule has 0 saturated heterocycles. The largest absolute Gasteiger partial charge is 0.283 e. The van der Waals surface area contributed by atoms with E-state index in [2.05, 4.69) is 22.1 Å². The lowest BCUT2D eigenvalue weighted by molar-refractivity contribution is 0.400. The molecule has 0 aromatic heterocycles. The molecule has 0 N–H and O–H groups in total. The molecule has 0 radical (unpaired) electrons. The minimum Gasteiger partial charge on any atom is -0.283 e. The van der Waals surface area contributed by atoms with Crippen molar-refractivity contribution in [1.82, 2.24) is 5.01 Å². The molecule has 0 aromatic carbocycles.